The van der Waals surface area contributed by atoms with Crippen molar-refractivity contribution < 1.29 is 4.79 Å². The first-order valence-electron chi connectivity index (χ1n) is 10.8. The number of pyridine rings is 1. The summed E-state index contributed by atoms with van der Waals surface area (Å²) in [5.41, 5.74) is 2.19. The Balaban J connectivity index is 1.42. The predicted octanol–water partition coefficient (Wildman–Crippen LogP) is 3.15. The third kappa shape index (κ3) is 4.18. The highest BCUT2D eigenvalue weighted by Gasteiger charge is 2.32. The second kappa shape index (κ2) is 8.72. The Hall–Kier alpha value is -2.84. The number of nitrogens with one attached hydrogen (secondary N) is 1. The van der Waals surface area contributed by atoms with Crippen molar-refractivity contribution in [2.75, 3.05) is 13.1 Å². The maximum atomic E-state index is 13.2. The molecular formula is C23H25N5O2S. The number of rotatable bonds is 4. The van der Waals surface area contributed by atoms with E-state index >= 15 is 0 Å². The summed E-state index contributed by atoms with van der Waals surface area (Å²) >= 11 is 1.75. The van der Waals surface area contributed by atoms with E-state index < -0.39 is 0 Å². The molecule has 0 aromatic carbocycles. The molecule has 2 aliphatic rings. The van der Waals surface area contributed by atoms with Gasteiger partial charge in [0.1, 0.15) is 5.82 Å². The lowest BCUT2D eigenvalue weighted by Gasteiger charge is -2.36. The number of thiophene rings is 1. The van der Waals surface area contributed by atoms with E-state index in [0.717, 1.165) is 43.6 Å². The molecule has 3 aromatic rings. The summed E-state index contributed by atoms with van der Waals surface area (Å²) in [6.07, 6.45) is 6.74. The molecule has 160 valence electrons. The van der Waals surface area contributed by atoms with Gasteiger partial charge < -0.3 is 9.88 Å². The fourth-order valence-electron chi connectivity index (χ4n) is 4.55. The molecule has 0 spiro atoms. The Morgan fingerprint density at radius 2 is 2.06 bits per heavy atom. The molecule has 1 unspecified atom stereocenters. The fourth-order valence-corrected chi connectivity index (χ4v) is 5.29. The van der Waals surface area contributed by atoms with Crippen LogP contribution in [0.2, 0.25) is 0 Å². The average molecular weight is 436 g/mol. The van der Waals surface area contributed by atoms with Crippen LogP contribution >= 0.6 is 11.3 Å². The van der Waals surface area contributed by atoms with Gasteiger partial charge in [-0.1, -0.05) is 6.07 Å². The maximum absolute atomic E-state index is 13.2. The van der Waals surface area contributed by atoms with Crippen molar-refractivity contribution in [2.24, 2.45) is 0 Å². The zero-order chi connectivity index (χ0) is 21.2. The van der Waals surface area contributed by atoms with Crippen LogP contribution in [-0.4, -0.2) is 43.7 Å². The number of piperidine rings is 1. The Morgan fingerprint density at radius 1 is 1.19 bits per heavy atom. The van der Waals surface area contributed by atoms with Crippen LogP contribution in [0.4, 0.5) is 0 Å². The molecule has 0 bridgehead atoms. The van der Waals surface area contributed by atoms with Crippen molar-refractivity contribution in [3.8, 4) is 0 Å². The van der Waals surface area contributed by atoms with Gasteiger partial charge in [0.2, 0.25) is 0 Å². The molecule has 1 N–H and O–H groups in total. The van der Waals surface area contributed by atoms with Gasteiger partial charge in [-0.15, -0.1) is 11.3 Å². The van der Waals surface area contributed by atoms with E-state index in [0.29, 0.717) is 30.9 Å². The molecule has 31 heavy (non-hydrogen) atoms. The van der Waals surface area contributed by atoms with E-state index in [4.69, 9.17) is 4.98 Å². The summed E-state index contributed by atoms with van der Waals surface area (Å²) in [5, 5.41) is 2.09. The number of aromatic amines is 1. The number of carbonyl (C=O) groups excluding carboxylic acids is 1. The zero-order valence-electron chi connectivity index (χ0n) is 17.3. The van der Waals surface area contributed by atoms with Crippen molar-refractivity contribution in [3.05, 3.63) is 79.9 Å². The minimum absolute atomic E-state index is 0.0354. The van der Waals surface area contributed by atoms with Gasteiger partial charge in [-0.05, 0) is 49.3 Å². The Bertz CT molecular complexity index is 1110. The van der Waals surface area contributed by atoms with Gasteiger partial charge in [-0.3, -0.25) is 19.5 Å². The van der Waals surface area contributed by atoms with Crippen molar-refractivity contribution in [3.63, 3.8) is 0 Å². The molecule has 0 aliphatic carbocycles. The number of hydrogen-bond acceptors (Lipinski definition) is 6. The first-order valence-corrected chi connectivity index (χ1v) is 11.6. The number of hydrogen-bond donors (Lipinski definition) is 1. The quantitative estimate of drug-likeness (QED) is 0.681. The van der Waals surface area contributed by atoms with Crippen LogP contribution in [0.5, 0.6) is 0 Å². The van der Waals surface area contributed by atoms with Crippen molar-refractivity contribution in [1.82, 2.24) is 24.8 Å². The Kier molecular flexibility index (Phi) is 5.65. The van der Waals surface area contributed by atoms with E-state index in [-0.39, 0.29) is 17.5 Å². The standard InChI is InChI=1S/C23H25N5O2S/c29-22-18-8-12-27(14-17-4-3-13-31-17)15-19(18)25-21(26-22)20-5-1-2-11-28(20)23(30)16-6-9-24-10-7-16/h3-4,6-7,9-10,13,20H,1-2,5,8,11-12,14-15H2,(H,25,26,29). The molecule has 5 heterocycles. The molecule has 1 fully saturated rings. The molecule has 3 aromatic heterocycles. The predicted molar refractivity (Wildman–Crippen MR) is 119 cm³/mol. The molecule has 7 nitrogen and oxygen atoms in total. The molecule has 2 aliphatic heterocycles. The van der Waals surface area contributed by atoms with Gasteiger partial charge in [0, 0.05) is 54.6 Å². The van der Waals surface area contributed by atoms with Crippen molar-refractivity contribution in [2.45, 2.75) is 44.8 Å². The van der Waals surface area contributed by atoms with Crippen LogP contribution in [-0.2, 0) is 19.5 Å². The van der Waals surface area contributed by atoms with Gasteiger partial charge in [0.05, 0.1) is 11.7 Å². The first kappa shape index (κ1) is 20.1. The summed E-state index contributed by atoms with van der Waals surface area (Å²) in [5.74, 6) is 0.579. The van der Waals surface area contributed by atoms with Gasteiger partial charge >= 0.3 is 0 Å². The number of H-pyrrole nitrogens is 1. The lowest BCUT2D eigenvalue weighted by Crippen LogP contribution is -2.41. The van der Waals surface area contributed by atoms with Crippen LogP contribution in [0.25, 0.3) is 0 Å². The molecule has 1 atom stereocenters. The molecule has 1 saturated heterocycles. The number of aromatic nitrogens is 3. The highest BCUT2D eigenvalue weighted by Crippen LogP contribution is 2.30. The molecule has 0 saturated carbocycles. The van der Waals surface area contributed by atoms with Crippen LogP contribution in [0.3, 0.4) is 0 Å². The number of likely N-dealkylation sites (tertiary alicyclic amines) is 1. The van der Waals surface area contributed by atoms with Crippen LogP contribution < -0.4 is 5.56 Å². The molecule has 1 amide bonds. The van der Waals surface area contributed by atoms with E-state index in [1.165, 1.54) is 4.88 Å². The zero-order valence-corrected chi connectivity index (χ0v) is 18.1. The lowest BCUT2D eigenvalue weighted by molar-refractivity contribution is 0.0598. The van der Waals surface area contributed by atoms with E-state index in [1.54, 1.807) is 35.9 Å². The maximum Gasteiger partial charge on any atom is 0.254 e. The first-order chi connectivity index (χ1) is 15.2. The summed E-state index contributed by atoms with van der Waals surface area (Å²) < 4.78 is 0. The average Bonchev–Trinajstić information content (AvgIpc) is 3.32. The summed E-state index contributed by atoms with van der Waals surface area (Å²) in [6.45, 7) is 3.05. The third-order valence-electron chi connectivity index (χ3n) is 6.14. The minimum atomic E-state index is -0.208. The Labute approximate surface area is 184 Å². The smallest absolute Gasteiger partial charge is 0.254 e. The second-order valence-corrected chi connectivity index (χ2v) is 9.19. The summed E-state index contributed by atoms with van der Waals surface area (Å²) in [4.78, 5) is 43.5. The molecular weight excluding hydrogens is 410 g/mol. The number of carbonyl (C=O) groups is 1. The van der Waals surface area contributed by atoms with Crippen molar-refractivity contribution in [1.29, 1.82) is 0 Å². The number of fused-ring (bicyclic) bond motifs is 1. The Morgan fingerprint density at radius 3 is 2.87 bits per heavy atom. The lowest BCUT2D eigenvalue weighted by atomic mass is 9.99. The topological polar surface area (TPSA) is 82.2 Å². The van der Waals surface area contributed by atoms with Crippen LogP contribution in [0, 0.1) is 0 Å². The highest BCUT2D eigenvalue weighted by molar-refractivity contribution is 7.09. The van der Waals surface area contributed by atoms with E-state index in [2.05, 4.69) is 32.4 Å². The molecule has 5 rings (SSSR count). The van der Waals surface area contributed by atoms with Crippen molar-refractivity contribution >= 4 is 17.2 Å². The molecule has 8 heteroatoms. The van der Waals surface area contributed by atoms with E-state index in [9.17, 15) is 9.59 Å². The molecule has 0 radical (unpaired) electrons. The number of amides is 1. The number of nitrogens with zero attached hydrogens (tertiary/aromatic N) is 4. The van der Waals surface area contributed by atoms with Crippen LogP contribution in [0.15, 0.2) is 46.8 Å². The second-order valence-electron chi connectivity index (χ2n) is 8.16. The highest BCUT2D eigenvalue weighted by atomic mass is 32.1. The minimum Gasteiger partial charge on any atom is -0.328 e. The van der Waals surface area contributed by atoms with Gasteiger partial charge in [-0.2, -0.15) is 0 Å². The van der Waals surface area contributed by atoms with Gasteiger partial charge in [-0.25, -0.2) is 4.98 Å². The third-order valence-corrected chi connectivity index (χ3v) is 7.00. The normalized spacial score (nSPS) is 19.2. The van der Waals surface area contributed by atoms with Crippen LogP contribution in [0.1, 0.15) is 57.6 Å². The summed E-state index contributed by atoms with van der Waals surface area (Å²) in [6, 6.07) is 7.47. The largest absolute Gasteiger partial charge is 0.328 e. The monoisotopic (exact) mass is 435 g/mol. The fraction of sp³-hybridized carbons (Fsp3) is 0.391. The summed E-state index contributed by atoms with van der Waals surface area (Å²) in [7, 11) is 0. The SMILES string of the molecule is O=C(c1ccncc1)N1CCCCC1c1nc2c(c(=O)[nH]1)CCN(Cc1cccs1)C2. The van der Waals surface area contributed by atoms with Gasteiger partial charge in [0.15, 0.2) is 0 Å². The van der Waals surface area contributed by atoms with E-state index in [1.807, 2.05) is 4.90 Å². The van der Waals surface area contributed by atoms with Gasteiger partial charge in [0.25, 0.3) is 11.5 Å².